The first-order valence-electron chi connectivity index (χ1n) is 5.55. The van der Waals surface area contributed by atoms with Gasteiger partial charge in [-0.15, -0.1) is 0 Å². The van der Waals surface area contributed by atoms with E-state index in [0.717, 1.165) is 19.3 Å². The van der Waals surface area contributed by atoms with Crippen molar-refractivity contribution < 1.29 is 13.2 Å². The topological polar surface area (TPSA) is 51.2 Å². The lowest BCUT2D eigenvalue weighted by molar-refractivity contribution is -0.126. The molecule has 0 amide bonds. The van der Waals surface area contributed by atoms with E-state index < -0.39 is 9.84 Å². The second kappa shape index (κ2) is 4.64. The Morgan fingerprint density at radius 2 is 1.87 bits per heavy atom. The third kappa shape index (κ3) is 3.30. The lowest BCUT2D eigenvalue weighted by atomic mass is 9.82. The standard InChI is InChI=1S/C11H20O3S/c1-8(2)11(12)9-5-4-6-10(7-9)15(3,13)14/h8-10H,4-7H2,1-3H3. The number of sulfone groups is 1. The van der Waals surface area contributed by atoms with E-state index in [0.29, 0.717) is 6.42 Å². The molecule has 88 valence electrons. The first-order chi connectivity index (χ1) is 6.82. The van der Waals surface area contributed by atoms with E-state index in [4.69, 9.17) is 0 Å². The predicted molar refractivity (Wildman–Crippen MR) is 60.4 cm³/mol. The van der Waals surface area contributed by atoms with Crippen LogP contribution in [0.15, 0.2) is 0 Å². The van der Waals surface area contributed by atoms with Gasteiger partial charge in [-0.2, -0.15) is 0 Å². The molecule has 1 rings (SSSR count). The lowest BCUT2D eigenvalue weighted by Crippen LogP contribution is -2.32. The van der Waals surface area contributed by atoms with Gasteiger partial charge in [0.05, 0.1) is 5.25 Å². The average Bonchev–Trinajstić information content (AvgIpc) is 2.15. The monoisotopic (exact) mass is 232 g/mol. The van der Waals surface area contributed by atoms with Gasteiger partial charge in [0, 0.05) is 18.1 Å². The van der Waals surface area contributed by atoms with Gasteiger partial charge in [0.2, 0.25) is 0 Å². The van der Waals surface area contributed by atoms with Gasteiger partial charge in [-0.05, 0) is 19.3 Å². The summed E-state index contributed by atoms with van der Waals surface area (Å²) >= 11 is 0. The average molecular weight is 232 g/mol. The van der Waals surface area contributed by atoms with Crippen molar-refractivity contribution >= 4 is 15.6 Å². The molecule has 0 aromatic carbocycles. The number of hydrogen-bond acceptors (Lipinski definition) is 3. The summed E-state index contributed by atoms with van der Waals surface area (Å²) in [5.41, 5.74) is 0. The molecule has 0 spiro atoms. The van der Waals surface area contributed by atoms with E-state index >= 15 is 0 Å². The number of carbonyl (C=O) groups is 1. The summed E-state index contributed by atoms with van der Waals surface area (Å²) in [5.74, 6) is 0.218. The van der Waals surface area contributed by atoms with E-state index in [1.54, 1.807) is 0 Å². The summed E-state index contributed by atoms with van der Waals surface area (Å²) in [6.07, 6.45) is 4.26. The van der Waals surface area contributed by atoms with Crippen molar-refractivity contribution in [2.75, 3.05) is 6.26 Å². The minimum Gasteiger partial charge on any atom is -0.299 e. The zero-order valence-corrected chi connectivity index (χ0v) is 10.5. The van der Waals surface area contributed by atoms with Crippen LogP contribution in [0.25, 0.3) is 0 Å². The fourth-order valence-corrected chi connectivity index (χ4v) is 3.44. The fourth-order valence-electron chi connectivity index (χ4n) is 2.26. The molecule has 1 fully saturated rings. The summed E-state index contributed by atoms with van der Waals surface area (Å²) in [5, 5.41) is -0.293. The van der Waals surface area contributed by atoms with Crippen molar-refractivity contribution in [1.29, 1.82) is 0 Å². The number of rotatable bonds is 3. The summed E-state index contributed by atoms with van der Waals surface area (Å²) in [4.78, 5) is 11.8. The smallest absolute Gasteiger partial charge is 0.150 e. The van der Waals surface area contributed by atoms with Gasteiger partial charge < -0.3 is 0 Å². The molecule has 0 radical (unpaired) electrons. The van der Waals surface area contributed by atoms with Crippen LogP contribution in [0, 0.1) is 11.8 Å². The molecule has 0 aromatic heterocycles. The third-order valence-corrected chi connectivity index (χ3v) is 4.84. The van der Waals surface area contributed by atoms with Gasteiger partial charge in [0.1, 0.15) is 15.6 Å². The van der Waals surface area contributed by atoms with Crippen molar-refractivity contribution in [2.24, 2.45) is 11.8 Å². The van der Waals surface area contributed by atoms with Gasteiger partial charge >= 0.3 is 0 Å². The molecule has 0 N–H and O–H groups in total. The van der Waals surface area contributed by atoms with E-state index in [1.165, 1.54) is 6.26 Å². The number of Topliss-reactive ketones (excluding diaryl/α,β-unsaturated/α-hetero) is 1. The van der Waals surface area contributed by atoms with E-state index in [9.17, 15) is 13.2 Å². The quantitative estimate of drug-likeness (QED) is 0.745. The van der Waals surface area contributed by atoms with Crippen LogP contribution in [-0.4, -0.2) is 25.7 Å². The van der Waals surface area contributed by atoms with Crippen LogP contribution in [0.3, 0.4) is 0 Å². The molecule has 0 aromatic rings. The first kappa shape index (κ1) is 12.7. The van der Waals surface area contributed by atoms with Crippen LogP contribution in [0.2, 0.25) is 0 Å². The molecule has 15 heavy (non-hydrogen) atoms. The normalized spacial score (nSPS) is 28.0. The predicted octanol–water partition coefficient (Wildman–Crippen LogP) is 1.81. The van der Waals surface area contributed by atoms with Gasteiger partial charge in [-0.1, -0.05) is 20.3 Å². The molecular formula is C11H20O3S. The first-order valence-corrected chi connectivity index (χ1v) is 7.50. The highest BCUT2D eigenvalue weighted by Gasteiger charge is 2.32. The van der Waals surface area contributed by atoms with Gasteiger partial charge in [-0.3, -0.25) is 4.79 Å². The maximum atomic E-state index is 11.8. The molecule has 1 saturated carbocycles. The van der Waals surface area contributed by atoms with Crippen molar-refractivity contribution in [3.05, 3.63) is 0 Å². The highest BCUT2D eigenvalue weighted by atomic mass is 32.2. The second-order valence-corrected chi connectivity index (χ2v) is 7.20. The van der Waals surface area contributed by atoms with Crippen LogP contribution in [-0.2, 0) is 14.6 Å². The minimum absolute atomic E-state index is 0.0216. The van der Waals surface area contributed by atoms with Crippen LogP contribution >= 0.6 is 0 Å². The molecule has 3 nitrogen and oxygen atoms in total. The van der Waals surface area contributed by atoms with Gasteiger partial charge in [0.25, 0.3) is 0 Å². The Kier molecular flexibility index (Phi) is 3.93. The molecule has 0 saturated heterocycles. The molecule has 0 heterocycles. The Morgan fingerprint density at radius 1 is 1.27 bits per heavy atom. The Labute approximate surface area is 92.2 Å². The highest BCUT2D eigenvalue weighted by Crippen LogP contribution is 2.30. The Hall–Kier alpha value is -0.380. The second-order valence-electron chi connectivity index (χ2n) is 4.87. The SMILES string of the molecule is CC(C)C(=O)C1CCCC(S(C)(=O)=O)C1. The molecule has 0 bridgehead atoms. The molecule has 0 aliphatic heterocycles. The zero-order valence-electron chi connectivity index (χ0n) is 9.69. The van der Waals surface area contributed by atoms with E-state index in [2.05, 4.69) is 0 Å². The molecule has 1 aliphatic rings. The molecule has 2 unspecified atom stereocenters. The van der Waals surface area contributed by atoms with Crippen molar-refractivity contribution in [1.82, 2.24) is 0 Å². The van der Waals surface area contributed by atoms with E-state index in [-0.39, 0.29) is 22.9 Å². The Bertz CT molecular complexity index is 330. The van der Waals surface area contributed by atoms with Crippen molar-refractivity contribution in [3.63, 3.8) is 0 Å². The van der Waals surface area contributed by atoms with Gasteiger partial charge in [0.15, 0.2) is 0 Å². The maximum Gasteiger partial charge on any atom is 0.150 e. The minimum atomic E-state index is -2.97. The van der Waals surface area contributed by atoms with Crippen molar-refractivity contribution in [2.45, 2.75) is 44.8 Å². The summed E-state index contributed by atoms with van der Waals surface area (Å²) in [6, 6.07) is 0. The molecular weight excluding hydrogens is 212 g/mol. The van der Waals surface area contributed by atoms with E-state index in [1.807, 2.05) is 13.8 Å². The lowest BCUT2D eigenvalue weighted by Gasteiger charge is -2.28. The summed E-state index contributed by atoms with van der Waals surface area (Å²) < 4.78 is 22.8. The molecule has 4 heteroatoms. The Morgan fingerprint density at radius 3 is 2.33 bits per heavy atom. The van der Waals surface area contributed by atoms with Crippen LogP contribution in [0.5, 0.6) is 0 Å². The zero-order chi connectivity index (χ0) is 11.6. The third-order valence-electron chi connectivity index (χ3n) is 3.20. The number of hydrogen-bond donors (Lipinski definition) is 0. The summed E-state index contributed by atoms with van der Waals surface area (Å²) in [6.45, 7) is 3.76. The fraction of sp³-hybridized carbons (Fsp3) is 0.909. The van der Waals surface area contributed by atoms with Gasteiger partial charge in [-0.25, -0.2) is 8.42 Å². The van der Waals surface area contributed by atoms with Crippen LogP contribution in [0.1, 0.15) is 39.5 Å². The number of ketones is 1. The highest BCUT2D eigenvalue weighted by molar-refractivity contribution is 7.91. The summed E-state index contributed by atoms with van der Waals surface area (Å²) in [7, 11) is -2.97. The van der Waals surface area contributed by atoms with Crippen LogP contribution in [0.4, 0.5) is 0 Å². The largest absolute Gasteiger partial charge is 0.299 e. The number of carbonyl (C=O) groups excluding carboxylic acids is 1. The Balaban J connectivity index is 2.69. The maximum absolute atomic E-state index is 11.8. The molecule has 1 aliphatic carbocycles. The van der Waals surface area contributed by atoms with Crippen LogP contribution < -0.4 is 0 Å². The van der Waals surface area contributed by atoms with Crippen molar-refractivity contribution in [3.8, 4) is 0 Å². The molecule has 2 atom stereocenters.